The van der Waals surface area contributed by atoms with Gasteiger partial charge in [-0.25, -0.2) is 0 Å². The van der Waals surface area contributed by atoms with E-state index in [2.05, 4.69) is 39.9 Å². The van der Waals surface area contributed by atoms with Gasteiger partial charge in [0.2, 0.25) is 0 Å². The minimum absolute atomic E-state index is 0.249. The summed E-state index contributed by atoms with van der Waals surface area (Å²) in [5, 5.41) is 12.7. The second-order valence-electron chi connectivity index (χ2n) is 4.85. The second kappa shape index (κ2) is 7.24. The summed E-state index contributed by atoms with van der Waals surface area (Å²) in [7, 11) is 0. The van der Waals surface area contributed by atoms with Crippen LogP contribution in [0.15, 0.2) is 0 Å². The van der Waals surface area contributed by atoms with Gasteiger partial charge < -0.3 is 10.4 Å². The molecule has 0 aliphatic carbocycles. The zero-order chi connectivity index (χ0) is 11.1. The summed E-state index contributed by atoms with van der Waals surface area (Å²) in [6, 6.07) is 0.759. The fourth-order valence-corrected chi connectivity index (χ4v) is 1.65. The van der Waals surface area contributed by atoms with Gasteiger partial charge in [-0.05, 0) is 25.2 Å². The molecule has 0 heterocycles. The maximum absolute atomic E-state index is 9.22. The van der Waals surface area contributed by atoms with Crippen LogP contribution in [0.4, 0.5) is 0 Å². The number of aliphatic hydroxyl groups excluding tert-OH is 1. The van der Waals surface area contributed by atoms with Crippen molar-refractivity contribution in [2.24, 2.45) is 11.8 Å². The third-order valence-corrected chi connectivity index (χ3v) is 2.97. The number of aliphatic hydroxyl groups is 1. The first-order valence-corrected chi connectivity index (χ1v) is 5.88. The average molecular weight is 201 g/mol. The van der Waals surface area contributed by atoms with Crippen molar-refractivity contribution in [2.45, 2.75) is 59.5 Å². The fraction of sp³-hybridized carbons (Fsp3) is 1.00. The van der Waals surface area contributed by atoms with Crippen LogP contribution in [-0.4, -0.2) is 23.8 Å². The predicted octanol–water partition coefficient (Wildman–Crippen LogP) is 2.42. The van der Waals surface area contributed by atoms with E-state index < -0.39 is 0 Å². The van der Waals surface area contributed by atoms with Crippen LogP contribution in [0, 0.1) is 11.8 Å². The van der Waals surface area contributed by atoms with Crippen molar-refractivity contribution in [3.8, 4) is 0 Å². The lowest BCUT2D eigenvalue weighted by Crippen LogP contribution is -2.42. The van der Waals surface area contributed by atoms with Gasteiger partial charge in [-0.3, -0.25) is 0 Å². The molecule has 0 unspecified atom stereocenters. The molecular weight excluding hydrogens is 174 g/mol. The molecule has 0 bridgehead atoms. The van der Waals surface area contributed by atoms with Crippen molar-refractivity contribution < 1.29 is 5.11 Å². The molecule has 0 aromatic heterocycles. The van der Waals surface area contributed by atoms with Gasteiger partial charge in [0.05, 0.1) is 6.61 Å². The summed E-state index contributed by atoms with van der Waals surface area (Å²) in [6.45, 7) is 11.3. The number of nitrogens with one attached hydrogen (secondary N) is 1. The predicted molar refractivity (Wildman–Crippen MR) is 62.4 cm³/mol. The number of hydrogen-bond donors (Lipinski definition) is 2. The molecule has 0 saturated carbocycles. The van der Waals surface area contributed by atoms with Crippen molar-refractivity contribution in [1.82, 2.24) is 5.32 Å². The molecular formula is C12H27NO. The molecule has 0 radical (unpaired) electrons. The van der Waals surface area contributed by atoms with Gasteiger partial charge in [-0.1, -0.05) is 34.1 Å². The second-order valence-corrected chi connectivity index (χ2v) is 4.85. The highest BCUT2D eigenvalue weighted by Gasteiger charge is 2.15. The van der Waals surface area contributed by atoms with E-state index in [-0.39, 0.29) is 12.6 Å². The Morgan fingerprint density at radius 1 is 1.14 bits per heavy atom. The lowest BCUT2D eigenvalue weighted by Gasteiger charge is -2.26. The monoisotopic (exact) mass is 201 g/mol. The van der Waals surface area contributed by atoms with Crippen LogP contribution in [0.3, 0.4) is 0 Å². The van der Waals surface area contributed by atoms with Crippen LogP contribution in [-0.2, 0) is 0 Å². The molecule has 0 aliphatic heterocycles. The molecule has 2 heteroatoms. The number of rotatable bonds is 7. The lowest BCUT2D eigenvalue weighted by molar-refractivity contribution is 0.202. The van der Waals surface area contributed by atoms with Crippen molar-refractivity contribution in [2.75, 3.05) is 6.61 Å². The van der Waals surface area contributed by atoms with Crippen molar-refractivity contribution in [3.63, 3.8) is 0 Å². The van der Waals surface area contributed by atoms with Crippen molar-refractivity contribution in [1.29, 1.82) is 0 Å². The third kappa shape index (κ3) is 5.61. The molecule has 0 spiro atoms. The third-order valence-electron chi connectivity index (χ3n) is 2.97. The van der Waals surface area contributed by atoms with E-state index in [0.717, 1.165) is 6.42 Å². The molecule has 0 aromatic rings. The molecule has 0 aliphatic rings. The van der Waals surface area contributed by atoms with Crippen molar-refractivity contribution in [3.05, 3.63) is 0 Å². The Hall–Kier alpha value is -0.0800. The molecule has 0 saturated heterocycles. The smallest absolute Gasteiger partial charge is 0.0584 e. The van der Waals surface area contributed by atoms with Crippen LogP contribution < -0.4 is 5.32 Å². The van der Waals surface area contributed by atoms with Gasteiger partial charge in [0, 0.05) is 12.1 Å². The SMILES string of the molecule is CC[C@H](C)[C@H](C)N[C@@H](CO)CC(C)C. The molecule has 86 valence electrons. The Labute approximate surface area is 89.1 Å². The van der Waals surface area contributed by atoms with E-state index in [1.165, 1.54) is 6.42 Å². The van der Waals surface area contributed by atoms with Crippen LogP contribution >= 0.6 is 0 Å². The van der Waals surface area contributed by atoms with E-state index in [1.807, 2.05) is 0 Å². The van der Waals surface area contributed by atoms with Gasteiger partial charge in [0.25, 0.3) is 0 Å². The highest BCUT2D eigenvalue weighted by atomic mass is 16.3. The first-order valence-electron chi connectivity index (χ1n) is 5.88. The van der Waals surface area contributed by atoms with Crippen LogP contribution in [0.5, 0.6) is 0 Å². The maximum Gasteiger partial charge on any atom is 0.0584 e. The summed E-state index contributed by atoms with van der Waals surface area (Å²) < 4.78 is 0. The van der Waals surface area contributed by atoms with Gasteiger partial charge in [0.1, 0.15) is 0 Å². The molecule has 0 rings (SSSR count). The molecule has 0 fully saturated rings. The molecule has 0 aromatic carbocycles. The normalized spacial score (nSPS) is 18.2. The molecule has 14 heavy (non-hydrogen) atoms. The molecule has 2 nitrogen and oxygen atoms in total. The minimum Gasteiger partial charge on any atom is -0.395 e. The van der Waals surface area contributed by atoms with E-state index in [0.29, 0.717) is 17.9 Å². The number of hydrogen-bond acceptors (Lipinski definition) is 2. The van der Waals surface area contributed by atoms with E-state index in [4.69, 9.17) is 0 Å². The minimum atomic E-state index is 0.249. The zero-order valence-corrected chi connectivity index (χ0v) is 10.4. The van der Waals surface area contributed by atoms with Gasteiger partial charge in [0.15, 0.2) is 0 Å². The average Bonchev–Trinajstić information content (AvgIpc) is 2.14. The lowest BCUT2D eigenvalue weighted by atomic mass is 9.98. The standard InChI is InChI=1S/C12H27NO/c1-6-10(4)11(5)13-12(8-14)7-9(2)3/h9-14H,6-8H2,1-5H3/t10-,11-,12+/m0/s1. The van der Waals surface area contributed by atoms with Gasteiger partial charge >= 0.3 is 0 Å². The van der Waals surface area contributed by atoms with E-state index in [1.54, 1.807) is 0 Å². The molecule has 0 amide bonds. The first kappa shape index (κ1) is 13.9. The Morgan fingerprint density at radius 2 is 1.71 bits per heavy atom. The van der Waals surface area contributed by atoms with Crippen LogP contribution in [0.1, 0.15) is 47.5 Å². The quantitative estimate of drug-likeness (QED) is 0.663. The highest BCUT2D eigenvalue weighted by molar-refractivity contribution is 4.75. The fourth-order valence-electron chi connectivity index (χ4n) is 1.65. The maximum atomic E-state index is 9.22. The Bertz CT molecular complexity index is 136. The summed E-state index contributed by atoms with van der Waals surface area (Å²) in [5.41, 5.74) is 0. The zero-order valence-electron chi connectivity index (χ0n) is 10.4. The van der Waals surface area contributed by atoms with Gasteiger partial charge in [-0.15, -0.1) is 0 Å². The van der Waals surface area contributed by atoms with Crippen LogP contribution in [0.25, 0.3) is 0 Å². The largest absolute Gasteiger partial charge is 0.395 e. The Balaban J connectivity index is 3.91. The topological polar surface area (TPSA) is 32.3 Å². The highest BCUT2D eigenvalue weighted by Crippen LogP contribution is 2.10. The summed E-state index contributed by atoms with van der Waals surface area (Å²) in [5.74, 6) is 1.32. The summed E-state index contributed by atoms with van der Waals surface area (Å²) >= 11 is 0. The summed E-state index contributed by atoms with van der Waals surface area (Å²) in [4.78, 5) is 0. The Kier molecular flexibility index (Phi) is 7.20. The molecule has 2 N–H and O–H groups in total. The molecule has 3 atom stereocenters. The van der Waals surface area contributed by atoms with Crippen LogP contribution in [0.2, 0.25) is 0 Å². The first-order chi connectivity index (χ1) is 6.51. The van der Waals surface area contributed by atoms with Gasteiger partial charge in [-0.2, -0.15) is 0 Å². The van der Waals surface area contributed by atoms with E-state index in [9.17, 15) is 5.11 Å². The van der Waals surface area contributed by atoms with Crippen molar-refractivity contribution >= 4 is 0 Å². The Morgan fingerprint density at radius 3 is 2.07 bits per heavy atom. The van der Waals surface area contributed by atoms with E-state index >= 15 is 0 Å². The summed E-state index contributed by atoms with van der Waals surface area (Å²) in [6.07, 6.45) is 2.24.